The van der Waals surface area contributed by atoms with Crippen molar-refractivity contribution < 1.29 is 14.6 Å². The van der Waals surface area contributed by atoms with Crippen LogP contribution >= 0.6 is 12.4 Å². The smallest absolute Gasteiger partial charge is 0.164 e. The lowest BCUT2D eigenvalue weighted by molar-refractivity contribution is 0.264. The van der Waals surface area contributed by atoms with Gasteiger partial charge in [-0.3, -0.25) is 0 Å². The lowest BCUT2D eigenvalue weighted by Crippen LogP contribution is -2.27. The Labute approximate surface area is 124 Å². The van der Waals surface area contributed by atoms with Crippen molar-refractivity contribution in [3.05, 3.63) is 35.9 Å². The zero-order valence-electron chi connectivity index (χ0n) is 11.6. The topological polar surface area (TPSA) is 64.7 Å². The number of fused-ring (bicyclic) bond motifs is 1. The number of nitrogens with two attached hydrogens (primary N) is 1. The molecule has 0 amide bonds. The summed E-state index contributed by atoms with van der Waals surface area (Å²) in [4.78, 5) is 0. The van der Waals surface area contributed by atoms with E-state index in [-0.39, 0.29) is 25.1 Å². The Bertz CT molecular complexity index is 574. The van der Waals surface area contributed by atoms with E-state index in [1.807, 2.05) is 30.3 Å². The van der Waals surface area contributed by atoms with Crippen molar-refractivity contribution >= 4 is 23.2 Å². The maximum absolute atomic E-state index is 9.16. The van der Waals surface area contributed by atoms with Crippen molar-refractivity contribution in [2.24, 2.45) is 5.73 Å². The van der Waals surface area contributed by atoms with Crippen LogP contribution in [0.15, 0.2) is 30.3 Å². The first-order valence-corrected chi connectivity index (χ1v) is 6.20. The zero-order valence-corrected chi connectivity index (χ0v) is 12.4. The maximum atomic E-state index is 9.16. The van der Waals surface area contributed by atoms with Crippen molar-refractivity contribution in [3.63, 3.8) is 0 Å². The van der Waals surface area contributed by atoms with Crippen LogP contribution in [0, 0.1) is 0 Å². The lowest BCUT2D eigenvalue weighted by atomic mass is 9.97. The van der Waals surface area contributed by atoms with Crippen LogP contribution in [0.4, 0.5) is 0 Å². The Hall–Kier alpha value is -1.49. The van der Waals surface area contributed by atoms with E-state index in [4.69, 9.17) is 20.3 Å². The van der Waals surface area contributed by atoms with Gasteiger partial charge >= 0.3 is 0 Å². The highest BCUT2D eigenvalue weighted by Crippen LogP contribution is 2.37. The number of ether oxygens (including phenoxy) is 2. The molecule has 1 unspecified atom stereocenters. The molecule has 0 heterocycles. The fourth-order valence-corrected chi connectivity index (χ4v) is 2.28. The van der Waals surface area contributed by atoms with Crippen molar-refractivity contribution in [1.82, 2.24) is 0 Å². The SMILES string of the molecule is COc1cc2ccccc2c(CC(N)CO)c1OC.Cl. The van der Waals surface area contributed by atoms with Gasteiger partial charge in [0.1, 0.15) is 0 Å². The van der Waals surface area contributed by atoms with Gasteiger partial charge in [-0.05, 0) is 23.3 Å². The first-order valence-electron chi connectivity index (χ1n) is 6.20. The summed E-state index contributed by atoms with van der Waals surface area (Å²) >= 11 is 0. The minimum absolute atomic E-state index is 0. The molecule has 4 nitrogen and oxygen atoms in total. The molecular formula is C15H20ClNO3. The maximum Gasteiger partial charge on any atom is 0.164 e. The predicted molar refractivity (Wildman–Crippen MR) is 83.1 cm³/mol. The summed E-state index contributed by atoms with van der Waals surface area (Å²) in [5.41, 5.74) is 6.84. The van der Waals surface area contributed by atoms with Gasteiger partial charge in [-0.15, -0.1) is 12.4 Å². The van der Waals surface area contributed by atoms with Gasteiger partial charge in [0.15, 0.2) is 11.5 Å². The second kappa shape index (κ2) is 7.33. The minimum Gasteiger partial charge on any atom is -0.493 e. The van der Waals surface area contributed by atoms with Crippen LogP contribution in [0.2, 0.25) is 0 Å². The number of aliphatic hydroxyl groups is 1. The number of methoxy groups -OCH3 is 2. The summed E-state index contributed by atoms with van der Waals surface area (Å²) < 4.78 is 10.8. The number of rotatable bonds is 5. The van der Waals surface area contributed by atoms with E-state index in [1.54, 1.807) is 14.2 Å². The number of hydrogen-bond donors (Lipinski definition) is 2. The van der Waals surface area contributed by atoms with Crippen LogP contribution in [0.1, 0.15) is 5.56 Å². The van der Waals surface area contributed by atoms with Crippen molar-refractivity contribution in [2.45, 2.75) is 12.5 Å². The van der Waals surface area contributed by atoms with Gasteiger partial charge in [0, 0.05) is 11.6 Å². The van der Waals surface area contributed by atoms with Crippen LogP contribution in [0.25, 0.3) is 10.8 Å². The van der Waals surface area contributed by atoms with Gasteiger partial charge < -0.3 is 20.3 Å². The van der Waals surface area contributed by atoms with Crippen LogP contribution in [-0.2, 0) is 6.42 Å². The number of benzene rings is 2. The molecule has 0 aliphatic carbocycles. The molecule has 20 heavy (non-hydrogen) atoms. The van der Waals surface area contributed by atoms with E-state index in [0.717, 1.165) is 16.3 Å². The molecule has 110 valence electrons. The van der Waals surface area contributed by atoms with Crippen LogP contribution in [0.5, 0.6) is 11.5 Å². The second-order valence-electron chi connectivity index (χ2n) is 4.46. The molecule has 0 aromatic heterocycles. The Balaban J connectivity index is 0.00000200. The first kappa shape index (κ1) is 16.6. The highest BCUT2D eigenvalue weighted by molar-refractivity contribution is 5.90. The summed E-state index contributed by atoms with van der Waals surface area (Å²) in [6.45, 7) is -0.0608. The zero-order chi connectivity index (χ0) is 13.8. The molecule has 0 bridgehead atoms. The van der Waals surface area contributed by atoms with E-state index >= 15 is 0 Å². The Morgan fingerprint density at radius 3 is 2.50 bits per heavy atom. The molecular weight excluding hydrogens is 278 g/mol. The molecule has 0 spiro atoms. The average Bonchev–Trinajstić information content (AvgIpc) is 2.46. The largest absolute Gasteiger partial charge is 0.493 e. The fourth-order valence-electron chi connectivity index (χ4n) is 2.28. The van der Waals surface area contributed by atoms with Crippen molar-refractivity contribution in [3.8, 4) is 11.5 Å². The monoisotopic (exact) mass is 297 g/mol. The molecule has 0 aliphatic heterocycles. The quantitative estimate of drug-likeness (QED) is 0.887. The van der Waals surface area contributed by atoms with Crippen molar-refractivity contribution in [2.75, 3.05) is 20.8 Å². The Kier molecular flexibility index (Phi) is 6.07. The molecule has 2 rings (SSSR count). The van der Waals surface area contributed by atoms with Crippen LogP contribution in [0.3, 0.4) is 0 Å². The van der Waals surface area contributed by atoms with Gasteiger partial charge in [0.05, 0.1) is 20.8 Å². The average molecular weight is 298 g/mol. The number of halogens is 1. The van der Waals surface area contributed by atoms with Gasteiger partial charge in [0.25, 0.3) is 0 Å². The normalized spacial score (nSPS) is 11.8. The van der Waals surface area contributed by atoms with E-state index < -0.39 is 0 Å². The first-order chi connectivity index (χ1) is 9.21. The molecule has 0 saturated heterocycles. The molecule has 2 aromatic carbocycles. The van der Waals surface area contributed by atoms with Gasteiger partial charge in [-0.1, -0.05) is 24.3 Å². The Morgan fingerprint density at radius 2 is 1.90 bits per heavy atom. The third-order valence-corrected chi connectivity index (χ3v) is 3.20. The van der Waals surface area contributed by atoms with Gasteiger partial charge in [0.2, 0.25) is 0 Å². The third-order valence-electron chi connectivity index (χ3n) is 3.20. The lowest BCUT2D eigenvalue weighted by Gasteiger charge is -2.18. The second-order valence-corrected chi connectivity index (χ2v) is 4.46. The molecule has 3 N–H and O–H groups in total. The van der Waals surface area contributed by atoms with E-state index in [1.165, 1.54) is 0 Å². The van der Waals surface area contributed by atoms with E-state index in [9.17, 15) is 0 Å². The molecule has 5 heteroatoms. The molecule has 0 fully saturated rings. The summed E-state index contributed by atoms with van der Waals surface area (Å²) in [5, 5.41) is 11.3. The molecule has 2 aromatic rings. The van der Waals surface area contributed by atoms with Crippen molar-refractivity contribution in [1.29, 1.82) is 0 Å². The standard InChI is InChI=1S/C15H19NO3.ClH/c1-18-14-7-10-5-3-4-6-12(10)13(15(14)19-2)8-11(16)9-17;/h3-7,11,17H,8-9,16H2,1-2H3;1H. The molecule has 1 atom stereocenters. The highest BCUT2D eigenvalue weighted by atomic mass is 35.5. The molecule has 0 saturated carbocycles. The van der Waals surface area contributed by atoms with Gasteiger partial charge in [-0.25, -0.2) is 0 Å². The number of hydrogen-bond acceptors (Lipinski definition) is 4. The summed E-state index contributed by atoms with van der Waals surface area (Å²) in [6.07, 6.45) is 0.539. The van der Waals surface area contributed by atoms with E-state index in [0.29, 0.717) is 17.9 Å². The summed E-state index contributed by atoms with van der Waals surface area (Å²) in [7, 11) is 3.23. The van der Waals surface area contributed by atoms with Gasteiger partial charge in [-0.2, -0.15) is 0 Å². The summed E-state index contributed by atoms with van der Waals surface area (Å²) in [6, 6.07) is 9.63. The highest BCUT2D eigenvalue weighted by Gasteiger charge is 2.16. The third kappa shape index (κ3) is 3.15. The molecule has 0 aliphatic rings. The van der Waals surface area contributed by atoms with Crippen LogP contribution < -0.4 is 15.2 Å². The summed E-state index contributed by atoms with van der Waals surface area (Å²) in [5.74, 6) is 1.37. The predicted octanol–water partition coefficient (Wildman–Crippen LogP) is 2.14. The molecule has 0 radical (unpaired) electrons. The fraction of sp³-hybridized carbons (Fsp3) is 0.333. The van der Waals surface area contributed by atoms with E-state index in [2.05, 4.69) is 0 Å². The Morgan fingerprint density at radius 1 is 1.20 bits per heavy atom. The number of aliphatic hydroxyl groups excluding tert-OH is 1. The van der Waals surface area contributed by atoms with Crippen LogP contribution in [-0.4, -0.2) is 32.0 Å². The minimum atomic E-state index is -0.315.